The van der Waals surface area contributed by atoms with E-state index in [1.807, 2.05) is 0 Å². The molecule has 0 spiro atoms. The molecule has 0 aromatic rings. The van der Waals surface area contributed by atoms with E-state index in [1.165, 1.54) is 0 Å². The van der Waals surface area contributed by atoms with Crippen LogP contribution >= 0.6 is 0 Å². The second-order valence-corrected chi connectivity index (χ2v) is 2.55. The molecule has 0 aliphatic rings. The van der Waals surface area contributed by atoms with Gasteiger partial charge in [-0.3, -0.25) is 0 Å². The molecule has 0 heterocycles. The summed E-state index contributed by atoms with van der Waals surface area (Å²) in [5.74, 6) is -3.68. The van der Waals surface area contributed by atoms with E-state index >= 15 is 0 Å². The van der Waals surface area contributed by atoms with Gasteiger partial charge in [-0.2, -0.15) is 0 Å². The molecule has 0 rings (SSSR count). The molecule has 8 nitrogen and oxygen atoms in total. The van der Waals surface area contributed by atoms with Gasteiger partial charge < -0.3 is 32.1 Å². The van der Waals surface area contributed by atoms with Gasteiger partial charge in [0.15, 0.2) is 12.2 Å². The molecule has 88 valence electrons. The SMILES string of the molecule is O=C(O)[C@@H](O)[C@@H](O)[C@H](O)[C@@H](O)C(=O)O.[H-].[K+].[Zr]. The first-order valence-electron chi connectivity index (χ1n) is 3.47. The van der Waals surface area contributed by atoms with Gasteiger partial charge in [-0.25, -0.2) is 9.59 Å². The Morgan fingerprint density at radius 1 is 0.812 bits per heavy atom. The van der Waals surface area contributed by atoms with Gasteiger partial charge in [0.1, 0.15) is 12.2 Å². The van der Waals surface area contributed by atoms with E-state index in [1.54, 1.807) is 0 Å². The first-order chi connectivity index (χ1) is 6.29. The second-order valence-electron chi connectivity index (χ2n) is 2.55. The standard InChI is InChI=1S/C6H10O8.K.Zr.H/c7-1(3(9)5(11)12)2(8)4(10)6(13)14;;;/h1-4,7-10H,(H,11,12)(H,13,14);;;/q;+1;;-1/t1-,2-,3-,4+;;;/m0.../s1. The van der Waals surface area contributed by atoms with E-state index in [9.17, 15) is 9.59 Å². The number of carbonyl (C=O) groups is 2. The molecule has 0 amide bonds. The monoisotopic (exact) mass is 340 g/mol. The topological polar surface area (TPSA) is 156 Å². The van der Waals surface area contributed by atoms with Gasteiger partial charge in [0, 0.05) is 26.2 Å². The van der Waals surface area contributed by atoms with E-state index in [0.29, 0.717) is 0 Å². The Balaban J connectivity index is -0.000000282. The molecule has 10 heteroatoms. The van der Waals surface area contributed by atoms with E-state index in [2.05, 4.69) is 0 Å². The van der Waals surface area contributed by atoms with E-state index in [-0.39, 0.29) is 79.0 Å². The van der Waals surface area contributed by atoms with Crippen LogP contribution in [0.25, 0.3) is 0 Å². The van der Waals surface area contributed by atoms with E-state index in [0.717, 1.165) is 0 Å². The fourth-order valence-electron chi connectivity index (χ4n) is 0.666. The summed E-state index contributed by atoms with van der Waals surface area (Å²) in [6.07, 6.45) is -9.28. The van der Waals surface area contributed by atoms with Gasteiger partial charge in [0.2, 0.25) is 0 Å². The summed E-state index contributed by atoms with van der Waals surface area (Å²) in [5.41, 5.74) is 0. The fraction of sp³-hybridized carbons (Fsp3) is 0.667. The maximum Gasteiger partial charge on any atom is 1.00 e. The van der Waals surface area contributed by atoms with Crippen molar-refractivity contribution in [3.05, 3.63) is 0 Å². The summed E-state index contributed by atoms with van der Waals surface area (Å²) in [4.78, 5) is 20.2. The molecular formula is C6H11KO8Zr. The summed E-state index contributed by atoms with van der Waals surface area (Å²) in [7, 11) is 0. The van der Waals surface area contributed by atoms with Gasteiger partial charge in [-0.05, 0) is 0 Å². The van der Waals surface area contributed by atoms with Gasteiger partial charge in [0.05, 0.1) is 0 Å². The van der Waals surface area contributed by atoms with Crippen molar-refractivity contribution >= 4 is 11.9 Å². The molecule has 0 aromatic carbocycles. The number of hydrogen-bond donors (Lipinski definition) is 6. The summed E-state index contributed by atoms with van der Waals surface area (Å²) >= 11 is 0. The number of aliphatic hydroxyl groups is 4. The van der Waals surface area contributed by atoms with Crippen LogP contribution in [0.15, 0.2) is 0 Å². The molecule has 6 N–H and O–H groups in total. The summed E-state index contributed by atoms with van der Waals surface area (Å²) in [6, 6.07) is 0. The van der Waals surface area contributed by atoms with Gasteiger partial charge >= 0.3 is 63.3 Å². The van der Waals surface area contributed by atoms with Gasteiger partial charge in [0.25, 0.3) is 0 Å². The van der Waals surface area contributed by atoms with Crippen LogP contribution in [0.1, 0.15) is 1.43 Å². The van der Waals surface area contributed by atoms with Crippen LogP contribution < -0.4 is 51.4 Å². The Morgan fingerprint density at radius 2 is 1.00 bits per heavy atom. The first kappa shape index (κ1) is 22.5. The van der Waals surface area contributed by atoms with Crippen molar-refractivity contribution < 1.29 is 119 Å². The van der Waals surface area contributed by atoms with Crippen molar-refractivity contribution in [2.24, 2.45) is 0 Å². The summed E-state index contributed by atoms with van der Waals surface area (Å²) in [6.45, 7) is 0. The van der Waals surface area contributed by atoms with Crippen LogP contribution in [-0.4, -0.2) is 67.0 Å². The van der Waals surface area contributed by atoms with Crippen molar-refractivity contribution in [3.8, 4) is 0 Å². The minimum atomic E-state index is -2.36. The molecule has 0 radical (unpaired) electrons. The Labute approximate surface area is 153 Å². The third kappa shape index (κ3) is 6.90. The average Bonchev–Trinajstić information content (AvgIpc) is 2.12. The Kier molecular flexibility index (Phi) is 14.4. The van der Waals surface area contributed by atoms with Crippen molar-refractivity contribution in [2.45, 2.75) is 24.4 Å². The maximum atomic E-state index is 10.1. The normalized spacial score (nSPS) is 17.0. The molecule has 0 saturated heterocycles. The maximum absolute atomic E-state index is 10.1. The Hall–Kier alpha value is 1.30. The van der Waals surface area contributed by atoms with Crippen LogP contribution in [0.4, 0.5) is 0 Å². The van der Waals surface area contributed by atoms with Crippen LogP contribution in [0.2, 0.25) is 0 Å². The van der Waals surface area contributed by atoms with Gasteiger partial charge in [-0.1, -0.05) is 0 Å². The Morgan fingerprint density at radius 3 is 1.12 bits per heavy atom. The van der Waals surface area contributed by atoms with Crippen molar-refractivity contribution in [1.29, 1.82) is 0 Å². The molecular weight excluding hydrogens is 330 g/mol. The van der Waals surface area contributed by atoms with Crippen LogP contribution in [0, 0.1) is 0 Å². The van der Waals surface area contributed by atoms with Crippen molar-refractivity contribution in [1.82, 2.24) is 0 Å². The third-order valence-corrected chi connectivity index (χ3v) is 1.50. The van der Waals surface area contributed by atoms with E-state index < -0.39 is 36.4 Å². The predicted molar refractivity (Wildman–Crippen MR) is 40.4 cm³/mol. The third-order valence-electron chi connectivity index (χ3n) is 1.50. The molecule has 0 bridgehead atoms. The fourth-order valence-corrected chi connectivity index (χ4v) is 0.666. The van der Waals surface area contributed by atoms with Crippen molar-refractivity contribution in [3.63, 3.8) is 0 Å². The van der Waals surface area contributed by atoms with Crippen molar-refractivity contribution in [2.75, 3.05) is 0 Å². The molecule has 16 heavy (non-hydrogen) atoms. The zero-order chi connectivity index (χ0) is 11.5. The summed E-state index contributed by atoms with van der Waals surface area (Å²) < 4.78 is 0. The van der Waals surface area contributed by atoms with Crippen LogP contribution in [0.3, 0.4) is 0 Å². The van der Waals surface area contributed by atoms with Crippen LogP contribution in [-0.2, 0) is 35.8 Å². The molecule has 0 aromatic heterocycles. The minimum Gasteiger partial charge on any atom is -1.00 e. The van der Waals surface area contributed by atoms with E-state index in [4.69, 9.17) is 30.6 Å². The molecule has 0 aliphatic heterocycles. The van der Waals surface area contributed by atoms with Gasteiger partial charge in [-0.15, -0.1) is 0 Å². The molecule has 4 atom stereocenters. The number of carboxylic acid groups (broad SMARTS) is 2. The quantitative estimate of drug-likeness (QED) is 0.270. The average molecular weight is 341 g/mol. The number of aliphatic hydroxyl groups excluding tert-OH is 4. The zero-order valence-electron chi connectivity index (χ0n) is 9.31. The zero-order valence-corrected chi connectivity index (χ0v) is 13.9. The van der Waals surface area contributed by atoms with Crippen LogP contribution in [0.5, 0.6) is 0 Å². The summed E-state index contributed by atoms with van der Waals surface area (Å²) in [5, 5.41) is 51.5. The minimum absolute atomic E-state index is 0. The number of hydrogen-bond acceptors (Lipinski definition) is 6. The molecule has 0 fully saturated rings. The molecule has 0 saturated carbocycles. The predicted octanol–water partition coefficient (Wildman–Crippen LogP) is -6.29. The molecule has 0 aliphatic carbocycles. The second kappa shape index (κ2) is 10.2. The smallest absolute Gasteiger partial charge is 1.00 e. The largest absolute Gasteiger partial charge is 1.00 e. The first-order valence-corrected chi connectivity index (χ1v) is 3.47. The number of carboxylic acids is 2. The molecule has 0 unspecified atom stereocenters. The number of aliphatic carboxylic acids is 2. The Bertz CT molecular complexity index is 218. The number of rotatable bonds is 5.